The zero-order valence-corrected chi connectivity index (χ0v) is 18.1. The van der Waals surface area contributed by atoms with E-state index in [4.69, 9.17) is 14.2 Å². The van der Waals surface area contributed by atoms with E-state index >= 15 is 0 Å². The van der Waals surface area contributed by atoms with Gasteiger partial charge in [0, 0.05) is 25.7 Å². The first-order valence-electron chi connectivity index (χ1n) is 10.1. The van der Waals surface area contributed by atoms with Gasteiger partial charge >= 0.3 is 0 Å². The maximum Gasteiger partial charge on any atom is 0.230 e. The zero-order valence-electron chi connectivity index (χ0n) is 17.3. The van der Waals surface area contributed by atoms with Gasteiger partial charge in [0.25, 0.3) is 0 Å². The lowest BCUT2D eigenvalue weighted by molar-refractivity contribution is -0.118. The molecule has 162 valence electrons. The minimum absolute atomic E-state index is 0.0481. The largest absolute Gasteiger partial charge is 0.493 e. The van der Waals surface area contributed by atoms with Gasteiger partial charge in [0.1, 0.15) is 0 Å². The fourth-order valence-electron chi connectivity index (χ4n) is 3.37. The van der Waals surface area contributed by atoms with Crippen LogP contribution in [0.3, 0.4) is 0 Å². The minimum atomic E-state index is -0.0481. The molecule has 2 aromatic rings. The van der Waals surface area contributed by atoms with Crippen molar-refractivity contribution in [2.45, 2.75) is 30.6 Å². The molecule has 1 aromatic heterocycles. The molecular weight excluding hydrogens is 406 g/mol. The molecule has 1 aromatic carbocycles. The van der Waals surface area contributed by atoms with E-state index in [0.29, 0.717) is 43.1 Å². The number of nitrogens with one attached hydrogen (secondary N) is 1. The average molecular weight is 434 g/mol. The van der Waals surface area contributed by atoms with E-state index in [-0.39, 0.29) is 5.91 Å². The van der Waals surface area contributed by atoms with Crippen molar-refractivity contribution in [1.29, 1.82) is 0 Å². The monoisotopic (exact) mass is 433 g/mol. The number of hydrogen-bond donors (Lipinski definition) is 1. The van der Waals surface area contributed by atoms with Crippen molar-refractivity contribution in [1.82, 2.24) is 20.1 Å². The Morgan fingerprint density at radius 2 is 1.97 bits per heavy atom. The molecule has 1 saturated carbocycles. The molecule has 4 rings (SSSR count). The first-order chi connectivity index (χ1) is 14.7. The molecule has 1 N–H and O–H groups in total. The molecule has 0 spiro atoms. The van der Waals surface area contributed by atoms with Crippen molar-refractivity contribution in [2.75, 3.05) is 51.2 Å². The van der Waals surface area contributed by atoms with Crippen LogP contribution in [0.1, 0.15) is 24.4 Å². The molecule has 1 amide bonds. The van der Waals surface area contributed by atoms with Gasteiger partial charge in [-0.1, -0.05) is 17.8 Å². The van der Waals surface area contributed by atoms with Gasteiger partial charge in [-0.05, 0) is 30.5 Å². The highest BCUT2D eigenvalue weighted by atomic mass is 32.2. The van der Waals surface area contributed by atoms with Crippen LogP contribution in [0, 0.1) is 0 Å². The Bertz CT molecular complexity index is 880. The predicted molar refractivity (Wildman–Crippen MR) is 113 cm³/mol. The van der Waals surface area contributed by atoms with Crippen LogP contribution in [0.15, 0.2) is 23.4 Å². The second kappa shape index (κ2) is 9.57. The SMILES string of the molecule is COc1ccc(CNC(=O)CSc2nnc(N3CCOCC3)n2C2CC2)cc1OC. The van der Waals surface area contributed by atoms with E-state index in [9.17, 15) is 4.79 Å². The molecule has 30 heavy (non-hydrogen) atoms. The maximum absolute atomic E-state index is 12.4. The molecule has 2 fully saturated rings. The number of amides is 1. The third kappa shape index (κ3) is 4.81. The number of ether oxygens (including phenoxy) is 3. The third-order valence-corrected chi connectivity index (χ3v) is 6.07. The summed E-state index contributed by atoms with van der Waals surface area (Å²) < 4.78 is 18.2. The Hall–Kier alpha value is -2.46. The number of hydrogen-bond acceptors (Lipinski definition) is 8. The van der Waals surface area contributed by atoms with E-state index in [2.05, 4.69) is 25.0 Å². The fraction of sp³-hybridized carbons (Fsp3) is 0.550. The summed E-state index contributed by atoms with van der Waals surface area (Å²) >= 11 is 1.43. The number of benzene rings is 1. The molecule has 2 aliphatic rings. The molecule has 10 heteroatoms. The average Bonchev–Trinajstić information content (AvgIpc) is 3.55. The van der Waals surface area contributed by atoms with Crippen LogP contribution in [0.4, 0.5) is 5.95 Å². The number of thioether (sulfide) groups is 1. The Morgan fingerprint density at radius 1 is 1.20 bits per heavy atom. The zero-order chi connectivity index (χ0) is 20.9. The molecule has 0 unspecified atom stereocenters. The highest BCUT2D eigenvalue weighted by Gasteiger charge is 2.32. The minimum Gasteiger partial charge on any atom is -0.493 e. The molecule has 0 bridgehead atoms. The topological polar surface area (TPSA) is 90.7 Å². The molecular formula is C20H27N5O4S. The molecule has 0 atom stereocenters. The Balaban J connectivity index is 1.33. The number of carbonyl (C=O) groups excluding carboxylic acids is 1. The summed E-state index contributed by atoms with van der Waals surface area (Å²) in [7, 11) is 3.19. The number of aromatic nitrogens is 3. The van der Waals surface area contributed by atoms with Gasteiger partial charge in [0.05, 0.1) is 33.2 Å². The third-order valence-electron chi connectivity index (χ3n) is 5.12. The molecule has 9 nitrogen and oxygen atoms in total. The first-order valence-corrected chi connectivity index (χ1v) is 11.1. The molecule has 1 aliphatic carbocycles. The summed E-state index contributed by atoms with van der Waals surface area (Å²) in [5.74, 6) is 2.45. The normalized spacial score (nSPS) is 16.4. The van der Waals surface area contributed by atoms with Gasteiger partial charge in [-0.15, -0.1) is 10.2 Å². The van der Waals surface area contributed by atoms with Crippen molar-refractivity contribution in [3.8, 4) is 11.5 Å². The second-order valence-electron chi connectivity index (χ2n) is 7.24. The number of nitrogens with zero attached hydrogens (tertiary/aromatic N) is 4. The maximum atomic E-state index is 12.4. The van der Waals surface area contributed by atoms with Crippen molar-refractivity contribution in [3.63, 3.8) is 0 Å². The fourth-order valence-corrected chi connectivity index (χ4v) is 4.20. The Kier molecular flexibility index (Phi) is 6.63. The van der Waals surface area contributed by atoms with E-state index in [1.807, 2.05) is 18.2 Å². The highest BCUT2D eigenvalue weighted by molar-refractivity contribution is 7.99. The van der Waals surface area contributed by atoms with Crippen LogP contribution in [0.5, 0.6) is 11.5 Å². The smallest absolute Gasteiger partial charge is 0.230 e. The van der Waals surface area contributed by atoms with E-state index < -0.39 is 0 Å². The van der Waals surface area contributed by atoms with E-state index in [0.717, 1.165) is 42.6 Å². The Labute approximate surface area is 180 Å². The van der Waals surface area contributed by atoms with E-state index in [1.165, 1.54) is 11.8 Å². The first kappa shape index (κ1) is 20.8. The van der Waals surface area contributed by atoms with Gasteiger partial charge in [0.15, 0.2) is 16.7 Å². The van der Waals surface area contributed by atoms with Crippen molar-refractivity contribution in [2.24, 2.45) is 0 Å². The number of morpholine rings is 1. The van der Waals surface area contributed by atoms with Gasteiger partial charge < -0.3 is 24.4 Å². The highest BCUT2D eigenvalue weighted by Crippen LogP contribution is 2.41. The van der Waals surface area contributed by atoms with Crippen LogP contribution in [0.25, 0.3) is 0 Å². The van der Waals surface area contributed by atoms with Crippen LogP contribution < -0.4 is 19.7 Å². The summed E-state index contributed by atoms with van der Waals surface area (Å²) in [6, 6.07) is 6.05. The van der Waals surface area contributed by atoms with Crippen LogP contribution in [0.2, 0.25) is 0 Å². The van der Waals surface area contributed by atoms with Gasteiger partial charge in [-0.3, -0.25) is 9.36 Å². The number of carbonyl (C=O) groups is 1. The molecule has 2 heterocycles. The predicted octanol–water partition coefficient (Wildman–Crippen LogP) is 1.88. The second-order valence-corrected chi connectivity index (χ2v) is 8.18. The molecule has 0 radical (unpaired) electrons. The van der Waals surface area contributed by atoms with Gasteiger partial charge in [-0.2, -0.15) is 0 Å². The van der Waals surface area contributed by atoms with Crippen molar-refractivity contribution >= 4 is 23.6 Å². The lowest BCUT2D eigenvalue weighted by Crippen LogP contribution is -2.38. The lowest BCUT2D eigenvalue weighted by atomic mass is 10.2. The summed E-state index contributed by atoms with van der Waals surface area (Å²) in [6.07, 6.45) is 2.27. The van der Waals surface area contributed by atoms with E-state index in [1.54, 1.807) is 14.2 Å². The number of methoxy groups -OCH3 is 2. The number of rotatable bonds is 9. The standard InChI is InChI=1S/C20H27N5O4S/c1-27-16-6-3-14(11-17(16)28-2)12-21-18(26)13-30-20-23-22-19(25(20)15-4-5-15)24-7-9-29-10-8-24/h3,6,11,15H,4-5,7-10,12-13H2,1-2H3,(H,21,26). The summed E-state index contributed by atoms with van der Waals surface area (Å²) in [5, 5.41) is 12.5. The summed E-state index contributed by atoms with van der Waals surface area (Å²) in [5.41, 5.74) is 0.946. The number of anilines is 1. The van der Waals surface area contributed by atoms with Gasteiger partial charge in [0.2, 0.25) is 11.9 Å². The van der Waals surface area contributed by atoms with Crippen LogP contribution in [-0.4, -0.2) is 66.9 Å². The molecule has 1 saturated heterocycles. The quantitative estimate of drug-likeness (QED) is 0.600. The van der Waals surface area contributed by atoms with Crippen LogP contribution in [-0.2, 0) is 16.1 Å². The lowest BCUT2D eigenvalue weighted by Gasteiger charge is -2.27. The van der Waals surface area contributed by atoms with Gasteiger partial charge in [-0.25, -0.2) is 0 Å². The van der Waals surface area contributed by atoms with Crippen molar-refractivity contribution in [3.05, 3.63) is 23.8 Å². The summed E-state index contributed by atoms with van der Waals surface area (Å²) in [4.78, 5) is 14.6. The summed E-state index contributed by atoms with van der Waals surface area (Å²) in [6.45, 7) is 3.48. The Morgan fingerprint density at radius 3 is 2.67 bits per heavy atom. The van der Waals surface area contributed by atoms with Crippen LogP contribution >= 0.6 is 11.8 Å². The van der Waals surface area contributed by atoms with Crippen molar-refractivity contribution < 1.29 is 19.0 Å². The molecule has 1 aliphatic heterocycles.